The van der Waals surface area contributed by atoms with E-state index in [-0.39, 0.29) is 5.54 Å². The van der Waals surface area contributed by atoms with E-state index < -0.39 is 0 Å². The first-order chi connectivity index (χ1) is 15.5. The fourth-order valence-corrected chi connectivity index (χ4v) is 5.04. The number of hydrogen-bond donors (Lipinski definition) is 3. The normalized spacial score (nSPS) is 21.4. The van der Waals surface area contributed by atoms with E-state index in [1.165, 1.54) is 31.2 Å². The minimum atomic E-state index is 0.102. The second-order valence-electron chi connectivity index (χ2n) is 9.79. The van der Waals surface area contributed by atoms with Crippen LogP contribution in [0.2, 0.25) is 0 Å². The summed E-state index contributed by atoms with van der Waals surface area (Å²) >= 11 is 0. The minimum Gasteiger partial charge on any atom is -0.355 e. The third-order valence-electron chi connectivity index (χ3n) is 6.93. The summed E-state index contributed by atoms with van der Waals surface area (Å²) in [6.07, 6.45) is 6.94. The van der Waals surface area contributed by atoms with Gasteiger partial charge in [-0.1, -0.05) is 57.0 Å². The van der Waals surface area contributed by atoms with E-state index in [4.69, 9.17) is 10.1 Å². The summed E-state index contributed by atoms with van der Waals surface area (Å²) in [7, 11) is 1.86. The third-order valence-corrected chi connectivity index (χ3v) is 6.93. The van der Waals surface area contributed by atoms with Gasteiger partial charge >= 0.3 is 0 Å². The van der Waals surface area contributed by atoms with Crippen molar-refractivity contribution >= 4 is 5.96 Å². The van der Waals surface area contributed by atoms with E-state index in [9.17, 15) is 0 Å². The molecule has 2 atom stereocenters. The summed E-state index contributed by atoms with van der Waals surface area (Å²) in [5.74, 6) is 3.30. The van der Waals surface area contributed by atoms with Gasteiger partial charge in [-0.3, -0.25) is 4.99 Å². The molecule has 4 rings (SSSR count). The molecule has 2 heterocycles. The molecule has 2 aliphatic rings. The predicted octanol–water partition coefficient (Wildman–Crippen LogP) is 3.54. The molecule has 0 radical (unpaired) electrons. The maximum Gasteiger partial charge on any atom is 0.191 e. The van der Waals surface area contributed by atoms with Crippen molar-refractivity contribution in [2.75, 3.05) is 13.6 Å². The van der Waals surface area contributed by atoms with Crippen LogP contribution in [0.5, 0.6) is 0 Å². The molecule has 32 heavy (non-hydrogen) atoms. The molecule has 2 unspecified atom stereocenters. The number of fused-ring (bicyclic) bond motifs is 1. The van der Waals surface area contributed by atoms with E-state index in [0.29, 0.717) is 18.0 Å². The fraction of sp³-hybridized carbons (Fsp3) is 0.640. The maximum absolute atomic E-state index is 4.71. The summed E-state index contributed by atoms with van der Waals surface area (Å²) in [6.45, 7) is 8.28. The average molecular weight is 438 g/mol. The molecule has 1 aliphatic carbocycles. The molecule has 0 spiro atoms. The van der Waals surface area contributed by atoms with Crippen molar-refractivity contribution < 1.29 is 0 Å². The molecule has 7 heteroatoms. The lowest BCUT2D eigenvalue weighted by Crippen LogP contribution is -2.55. The highest BCUT2D eigenvalue weighted by molar-refractivity contribution is 5.80. The Morgan fingerprint density at radius 2 is 1.94 bits per heavy atom. The van der Waals surface area contributed by atoms with Crippen molar-refractivity contribution in [3.8, 4) is 0 Å². The van der Waals surface area contributed by atoms with Crippen molar-refractivity contribution in [3.63, 3.8) is 0 Å². The van der Waals surface area contributed by atoms with Crippen LogP contribution in [0.25, 0.3) is 0 Å². The molecule has 1 fully saturated rings. The number of hydrogen-bond acceptors (Lipinski definition) is 4. The monoisotopic (exact) mass is 437 g/mol. The zero-order valence-electron chi connectivity index (χ0n) is 20.1. The Hall–Kier alpha value is -2.41. The smallest absolute Gasteiger partial charge is 0.191 e. The van der Waals surface area contributed by atoms with Crippen molar-refractivity contribution in [1.82, 2.24) is 30.7 Å². The standard InChI is InChI=1S/C25H39N7/c1-18(2)23-29-22-13-12-21(16-32(22)31-23)28-24(26-4)27-17-25(14-8-9-15-25)30-19(3)20-10-6-5-7-11-20/h5-7,10-11,18-19,21,30H,8-9,12-17H2,1-4H3,(H2,26,27,28). The molecule has 0 amide bonds. The highest BCUT2D eigenvalue weighted by atomic mass is 15.4. The van der Waals surface area contributed by atoms with Crippen LogP contribution in [-0.2, 0) is 13.0 Å². The van der Waals surface area contributed by atoms with Gasteiger partial charge < -0.3 is 16.0 Å². The van der Waals surface area contributed by atoms with Gasteiger partial charge in [-0.25, -0.2) is 9.67 Å². The van der Waals surface area contributed by atoms with Gasteiger partial charge in [0.25, 0.3) is 0 Å². The predicted molar refractivity (Wildman–Crippen MR) is 130 cm³/mol. The number of rotatable bonds is 7. The van der Waals surface area contributed by atoms with Crippen LogP contribution in [0.4, 0.5) is 0 Å². The Balaban J connectivity index is 1.34. The highest BCUT2D eigenvalue weighted by Gasteiger charge is 2.35. The molecule has 0 saturated heterocycles. The van der Waals surface area contributed by atoms with E-state index in [1.54, 1.807) is 0 Å². The molecular formula is C25H39N7. The summed E-state index contributed by atoms with van der Waals surface area (Å²) in [5, 5.41) is 15.9. The molecule has 174 valence electrons. The molecule has 7 nitrogen and oxygen atoms in total. The van der Waals surface area contributed by atoms with E-state index >= 15 is 0 Å². The van der Waals surface area contributed by atoms with Gasteiger partial charge in [-0.15, -0.1) is 0 Å². The first-order valence-corrected chi connectivity index (χ1v) is 12.2. The molecule has 1 aromatic carbocycles. The van der Waals surface area contributed by atoms with Gasteiger partial charge in [0.1, 0.15) is 5.82 Å². The third kappa shape index (κ3) is 5.31. The Morgan fingerprint density at radius 3 is 2.62 bits per heavy atom. The minimum absolute atomic E-state index is 0.102. The zero-order chi connectivity index (χ0) is 22.6. The lowest BCUT2D eigenvalue weighted by molar-refractivity contribution is 0.296. The van der Waals surface area contributed by atoms with Crippen LogP contribution in [-0.4, -0.2) is 45.9 Å². The van der Waals surface area contributed by atoms with Gasteiger partial charge in [0.05, 0.1) is 6.54 Å². The van der Waals surface area contributed by atoms with Gasteiger partial charge in [-0.2, -0.15) is 5.10 Å². The average Bonchev–Trinajstić information content (AvgIpc) is 3.44. The Kier molecular flexibility index (Phi) is 7.13. The van der Waals surface area contributed by atoms with E-state index in [2.05, 4.69) is 76.7 Å². The molecular weight excluding hydrogens is 398 g/mol. The first kappa shape index (κ1) is 22.8. The van der Waals surface area contributed by atoms with Crippen LogP contribution in [0, 0.1) is 0 Å². The lowest BCUT2D eigenvalue weighted by atomic mass is 9.94. The van der Waals surface area contributed by atoms with Crippen LogP contribution in [0.15, 0.2) is 35.3 Å². The molecule has 2 aromatic rings. The second kappa shape index (κ2) is 10.0. The fourth-order valence-electron chi connectivity index (χ4n) is 5.04. The van der Waals surface area contributed by atoms with Gasteiger partial charge in [-0.05, 0) is 31.7 Å². The number of guanidine groups is 1. The molecule has 1 saturated carbocycles. The van der Waals surface area contributed by atoms with Crippen molar-refractivity contribution in [1.29, 1.82) is 0 Å². The number of benzene rings is 1. The Bertz CT molecular complexity index is 896. The molecule has 3 N–H and O–H groups in total. The van der Waals surface area contributed by atoms with E-state index in [1.807, 2.05) is 7.05 Å². The van der Waals surface area contributed by atoms with Crippen molar-refractivity contribution in [2.24, 2.45) is 4.99 Å². The second-order valence-corrected chi connectivity index (χ2v) is 9.79. The zero-order valence-corrected chi connectivity index (χ0v) is 20.1. The number of aromatic nitrogens is 3. The number of nitrogens with one attached hydrogen (secondary N) is 3. The lowest BCUT2D eigenvalue weighted by Gasteiger charge is -2.35. The van der Waals surface area contributed by atoms with Crippen molar-refractivity contribution in [2.45, 2.75) is 89.4 Å². The summed E-state index contributed by atoms with van der Waals surface area (Å²) in [6, 6.07) is 11.4. The van der Waals surface area contributed by atoms with Crippen LogP contribution in [0.1, 0.15) is 82.0 Å². The van der Waals surface area contributed by atoms with Gasteiger partial charge in [0, 0.05) is 43.6 Å². The SMILES string of the molecule is CN=C(NCC1(NC(C)c2ccccc2)CCCC1)NC1CCc2nc(C(C)C)nn2C1. The number of aryl methyl sites for hydroxylation is 1. The topological polar surface area (TPSA) is 79.2 Å². The largest absolute Gasteiger partial charge is 0.355 e. The summed E-state index contributed by atoms with van der Waals surface area (Å²) in [4.78, 5) is 9.23. The molecule has 0 bridgehead atoms. The van der Waals surface area contributed by atoms with E-state index in [0.717, 1.165) is 43.5 Å². The maximum atomic E-state index is 4.71. The highest BCUT2D eigenvalue weighted by Crippen LogP contribution is 2.32. The molecule has 1 aromatic heterocycles. The van der Waals surface area contributed by atoms with Crippen LogP contribution >= 0.6 is 0 Å². The van der Waals surface area contributed by atoms with Gasteiger partial charge in [0.15, 0.2) is 11.8 Å². The van der Waals surface area contributed by atoms with Crippen LogP contribution < -0.4 is 16.0 Å². The molecule has 1 aliphatic heterocycles. The van der Waals surface area contributed by atoms with Crippen LogP contribution in [0.3, 0.4) is 0 Å². The summed E-state index contributed by atoms with van der Waals surface area (Å²) < 4.78 is 2.07. The number of nitrogens with zero attached hydrogens (tertiary/aromatic N) is 4. The Morgan fingerprint density at radius 1 is 1.19 bits per heavy atom. The first-order valence-electron chi connectivity index (χ1n) is 12.2. The quantitative estimate of drug-likeness (QED) is 0.456. The number of aliphatic imine (C=N–C) groups is 1. The summed E-state index contributed by atoms with van der Waals surface area (Å²) in [5.41, 5.74) is 1.44. The van der Waals surface area contributed by atoms with Gasteiger partial charge in [0.2, 0.25) is 0 Å². The van der Waals surface area contributed by atoms with Crippen molar-refractivity contribution in [3.05, 3.63) is 47.5 Å². The Labute approximate surface area is 192 Å².